The van der Waals surface area contributed by atoms with Gasteiger partial charge in [0, 0.05) is 0 Å². The van der Waals surface area contributed by atoms with E-state index >= 15 is 0 Å². The first kappa shape index (κ1) is 8.87. The molecule has 11 heavy (non-hydrogen) atoms. The molecule has 0 bridgehead atoms. The molecule has 0 radical (unpaired) electrons. The standard InChI is InChI=1S/C7H13NO2S/c1-2-6-8-5(7(9)10)3-4-11-6/h5-6,8H,2-4H2,1H3,(H,9,10)/t5-,6+/m1/s1. The highest BCUT2D eigenvalue weighted by Gasteiger charge is 2.24. The molecule has 0 aliphatic carbocycles. The Morgan fingerprint density at radius 3 is 3.09 bits per heavy atom. The van der Waals surface area contributed by atoms with Crippen molar-refractivity contribution >= 4 is 17.7 Å². The summed E-state index contributed by atoms with van der Waals surface area (Å²) in [6.07, 6.45) is 1.74. The summed E-state index contributed by atoms with van der Waals surface area (Å²) in [6.45, 7) is 2.06. The first-order valence-corrected chi connectivity index (χ1v) is 4.89. The van der Waals surface area contributed by atoms with Crippen molar-refractivity contribution in [3.8, 4) is 0 Å². The van der Waals surface area contributed by atoms with Gasteiger partial charge in [-0.3, -0.25) is 10.1 Å². The van der Waals surface area contributed by atoms with Crippen LogP contribution in [0.4, 0.5) is 0 Å². The van der Waals surface area contributed by atoms with Crippen LogP contribution in [0.25, 0.3) is 0 Å². The fourth-order valence-electron chi connectivity index (χ4n) is 1.11. The Labute approximate surface area is 70.6 Å². The van der Waals surface area contributed by atoms with Crippen LogP contribution >= 0.6 is 11.8 Å². The molecule has 0 spiro atoms. The van der Waals surface area contributed by atoms with E-state index in [4.69, 9.17) is 5.11 Å². The van der Waals surface area contributed by atoms with Gasteiger partial charge in [0.05, 0.1) is 5.37 Å². The number of hydrogen-bond acceptors (Lipinski definition) is 3. The van der Waals surface area contributed by atoms with E-state index in [9.17, 15) is 4.79 Å². The number of hydrogen-bond donors (Lipinski definition) is 2. The van der Waals surface area contributed by atoms with Gasteiger partial charge in [0.2, 0.25) is 0 Å². The van der Waals surface area contributed by atoms with Gasteiger partial charge in [-0.25, -0.2) is 0 Å². The lowest BCUT2D eigenvalue weighted by Crippen LogP contribution is -2.45. The van der Waals surface area contributed by atoms with Crippen LogP contribution in [0.5, 0.6) is 0 Å². The summed E-state index contributed by atoms with van der Waals surface area (Å²) in [5, 5.41) is 12.1. The first-order chi connectivity index (χ1) is 5.24. The van der Waals surface area contributed by atoms with Crippen molar-refractivity contribution in [2.75, 3.05) is 5.75 Å². The SMILES string of the molecule is CC[C@H]1N[C@@H](C(=O)O)CCS1. The molecular weight excluding hydrogens is 162 g/mol. The fourth-order valence-corrected chi connectivity index (χ4v) is 2.27. The summed E-state index contributed by atoms with van der Waals surface area (Å²) in [5.41, 5.74) is 0. The van der Waals surface area contributed by atoms with E-state index in [2.05, 4.69) is 12.2 Å². The predicted molar refractivity (Wildman–Crippen MR) is 45.7 cm³/mol. The summed E-state index contributed by atoms with van der Waals surface area (Å²) in [4.78, 5) is 10.5. The molecule has 0 unspecified atom stereocenters. The van der Waals surface area contributed by atoms with Gasteiger partial charge in [0.15, 0.2) is 0 Å². The molecule has 0 aromatic carbocycles. The third-order valence-corrected chi connectivity index (χ3v) is 3.12. The molecule has 4 heteroatoms. The average molecular weight is 175 g/mol. The van der Waals surface area contributed by atoms with Gasteiger partial charge in [-0.1, -0.05) is 6.92 Å². The third-order valence-electron chi connectivity index (χ3n) is 1.78. The second-order valence-corrected chi connectivity index (χ2v) is 3.92. The number of thioether (sulfide) groups is 1. The number of aliphatic carboxylic acids is 1. The van der Waals surface area contributed by atoms with E-state index in [1.165, 1.54) is 0 Å². The Morgan fingerprint density at radius 1 is 1.82 bits per heavy atom. The van der Waals surface area contributed by atoms with Crippen LogP contribution in [0.1, 0.15) is 19.8 Å². The molecule has 0 saturated carbocycles. The highest BCUT2D eigenvalue weighted by atomic mass is 32.2. The first-order valence-electron chi connectivity index (χ1n) is 3.84. The van der Waals surface area contributed by atoms with Crippen molar-refractivity contribution in [1.29, 1.82) is 0 Å². The number of carboxylic acid groups (broad SMARTS) is 1. The summed E-state index contributed by atoms with van der Waals surface area (Å²) in [7, 11) is 0. The van der Waals surface area contributed by atoms with Crippen molar-refractivity contribution < 1.29 is 9.90 Å². The monoisotopic (exact) mass is 175 g/mol. The van der Waals surface area contributed by atoms with Crippen LogP contribution in [-0.4, -0.2) is 28.2 Å². The van der Waals surface area contributed by atoms with Crippen LogP contribution in [-0.2, 0) is 4.79 Å². The molecule has 64 valence electrons. The molecule has 1 rings (SSSR count). The second-order valence-electron chi connectivity index (χ2n) is 2.61. The molecule has 2 atom stereocenters. The number of carbonyl (C=O) groups is 1. The molecule has 3 nitrogen and oxygen atoms in total. The molecule has 0 aromatic rings. The highest BCUT2D eigenvalue weighted by Crippen LogP contribution is 2.20. The van der Waals surface area contributed by atoms with Crippen molar-refractivity contribution in [1.82, 2.24) is 5.32 Å². The molecule has 1 heterocycles. The minimum absolute atomic E-state index is 0.318. The van der Waals surface area contributed by atoms with E-state index in [0.29, 0.717) is 5.37 Å². The van der Waals surface area contributed by atoms with Crippen LogP contribution in [0.15, 0.2) is 0 Å². The number of nitrogens with one attached hydrogen (secondary N) is 1. The van der Waals surface area contributed by atoms with Crippen molar-refractivity contribution in [3.05, 3.63) is 0 Å². The maximum atomic E-state index is 10.5. The smallest absolute Gasteiger partial charge is 0.320 e. The molecule has 1 aliphatic heterocycles. The molecule has 1 saturated heterocycles. The number of carboxylic acids is 1. The topological polar surface area (TPSA) is 49.3 Å². The van der Waals surface area contributed by atoms with Crippen LogP contribution < -0.4 is 5.32 Å². The lowest BCUT2D eigenvalue weighted by atomic mass is 10.2. The summed E-state index contributed by atoms with van der Waals surface area (Å²) in [6, 6.07) is -0.318. The molecule has 2 N–H and O–H groups in total. The van der Waals surface area contributed by atoms with Crippen molar-refractivity contribution in [2.45, 2.75) is 31.2 Å². The van der Waals surface area contributed by atoms with Crippen LogP contribution in [0.3, 0.4) is 0 Å². The third kappa shape index (κ3) is 2.38. The normalized spacial score (nSPS) is 31.7. The van der Waals surface area contributed by atoms with Crippen LogP contribution in [0.2, 0.25) is 0 Å². The maximum absolute atomic E-state index is 10.5. The zero-order valence-electron chi connectivity index (χ0n) is 6.54. The van der Waals surface area contributed by atoms with Crippen molar-refractivity contribution in [2.24, 2.45) is 0 Å². The van der Waals surface area contributed by atoms with Crippen LogP contribution in [0, 0.1) is 0 Å². The zero-order chi connectivity index (χ0) is 8.27. The molecule has 1 fully saturated rings. The maximum Gasteiger partial charge on any atom is 0.320 e. The van der Waals surface area contributed by atoms with Gasteiger partial charge in [-0.15, -0.1) is 11.8 Å². The van der Waals surface area contributed by atoms with E-state index < -0.39 is 5.97 Å². The van der Waals surface area contributed by atoms with Gasteiger partial charge < -0.3 is 5.11 Å². The Morgan fingerprint density at radius 2 is 2.55 bits per heavy atom. The fraction of sp³-hybridized carbons (Fsp3) is 0.857. The van der Waals surface area contributed by atoms with E-state index in [-0.39, 0.29) is 6.04 Å². The van der Waals surface area contributed by atoms with Gasteiger partial charge in [0.1, 0.15) is 6.04 Å². The summed E-state index contributed by atoms with van der Waals surface area (Å²) >= 11 is 1.81. The lowest BCUT2D eigenvalue weighted by molar-refractivity contribution is -0.139. The minimum Gasteiger partial charge on any atom is -0.480 e. The highest BCUT2D eigenvalue weighted by molar-refractivity contribution is 7.99. The van der Waals surface area contributed by atoms with E-state index in [0.717, 1.165) is 18.6 Å². The molecule has 0 amide bonds. The Hall–Kier alpha value is -0.220. The predicted octanol–water partition coefficient (Wildman–Crippen LogP) is 0.902. The quantitative estimate of drug-likeness (QED) is 0.654. The van der Waals surface area contributed by atoms with E-state index in [1.807, 2.05) is 11.8 Å². The minimum atomic E-state index is -0.719. The molecule has 1 aliphatic rings. The molecule has 0 aromatic heterocycles. The molecular formula is C7H13NO2S. The van der Waals surface area contributed by atoms with E-state index in [1.54, 1.807) is 0 Å². The summed E-state index contributed by atoms with van der Waals surface area (Å²) in [5.74, 6) is 0.242. The average Bonchev–Trinajstić information content (AvgIpc) is 2.05. The lowest BCUT2D eigenvalue weighted by Gasteiger charge is -2.26. The van der Waals surface area contributed by atoms with Gasteiger partial charge in [0.25, 0.3) is 0 Å². The Kier molecular flexibility index (Phi) is 3.20. The number of rotatable bonds is 2. The summed E-state index contributed by atoms with van der Waals surface area (Å²) < 4.78 is 0. The van der Waals surface area contributed by atoms with Gasteiger partial charge in [-0.2, -0.15) is 0 Å². The zero-order valence-corrected chi connectivity index (χ0v) is 7.36. The van der Waals surface area contributed by atoms with Gasteiger partial charge in [-0.05, 0) is 18.6 Å². The largest absolute Gasteiger partial charge is 0.480 e. The second kappa shape index (κ2) is 3.97. The Bertz CT molecular complexity index is 151. The van der Waals surface area contributed by atoms with Crippen molar-refractivity contribution in [3.63, 3.8) is 0 Å². The Balaban J connectivity index is 2.39. The van der Waals surface area contributed by atoms with Gasteiger partial charge >= 0.3 is 5.97 Å².